The fraction of sp³-hybridized carbons (Fsp3) is 0.345. The lowest BCUT2D eigenvalue weighted by Crippen LogP contribution is -2.45. The maximum absolute atomic E-state index is 13.2. The van der Waals surface area contributed by atoms with Crippen molar-refractivity contribution in [3.05, 3.63) is 89.2 Å². The maximum Gasteiger partial charge on any atom is 0.251 e. The molecule has 3 aromatic rings. The molecule has 2 saturated heterocycles. The molecule has 184 valence electrons. The first kappa shape index (κ1) is 22.7. The zero-order valence-electron chi connectivity index (χ0n) is 20.2. The van der Waals surface area contributed by atoms with Crippen molar-refractivity contribution in [1.82, 2.24) is 10.3 Å². The number of nitrogens with zero attached hydrogens (tertiary/aromatic N) is 2. The van der Waals surface area contributed by atoms with Crippen LogP contribution in [0.5, 0.6) is 0 Å². The number of morpholine rings is 1. The summed E-state index contributed by atoms with van der Waals surface area (Å²) in [6, 6.07) is 19.8. The van der Waals surface area contributed by atoms with Gasteiger partial charge in [0, 0.05) is 34.3 Å². The molecule has 3 unspecified atom stereocenters. The quantitative estimate of drug-likeness (QED) is 0.344. The molecule has 0 radical (unpaired) electrons. The lowest BCUT2D eigenvalue weighted by atomic mass is 9.97. The van der Waals surface area contributed by atoms with E-state index in [4.69, 9.17) is 15.9 Å². The molecular weight excluding hydrogens is 450 g/mol. The largest absolute Gasteiger partial charge is 0.398 e. The van der Waals surface area contributed by atoms with Crippen molar-refractivity contribution < 1.29 is 9.53 Å². The summed E-state index contributed by atoms with van der Waals surface area (Å²) in [5.41, 5.74) is 10.9. The Bertz CT molecular complexity index is 1260. The lowest BCUT2D eigenvalue weighted by molar-refractivity contribution is 0.0906. The van der Waals surface area contributed by atoms with Gasteiger partial charge in [-0.05, 0) is 74.1 Å². The third-order valence-corrected chi connectivity index (χ3v) is 7.67. The standard InChI is InChI=1S/C29H31N5O2/c30-25-13-8-20(29(35)33-28(19-4-5-19)26-3-1-2-14-32-26)15-24(25)27(31)18-6-9-21(10-7-18)34-22-11-12-23(34)17-36-16-22/h1-3,6-10,13-15,19,22-23,28,31H,4-5,11-12,16-17,30H2,(H,33,35). The van der Waals surface area contributed by atoms with Crippen LogP contribution < -0.4 is 16.0 Å². The summed E-state index contributed by atoms with van der Waals surface area (Å²) in [6.07, 6.45) is 6.25. The minimum atomic E-state index is -0.176. The highest BCUT2D eigenvalue weighted by molar-refractivity contribution is 6.15. The van der Waals surface area contributed by atoms with Gasteiger partial charge >= 0.3 is 0 Å². The number of aromatic nitrogens is 1. The number of hydrogen-bond acceptors (Lipinski definition) is 6. The first-order chi connectivity index (χ1) is 17.6. The number of carbonyl (C=O) groups excluding carboxylic acids is 1. The van der Waals surface area contributed by atoms with Gasteiger partial charge in [0.15, 0.2) is 0 Å². The number of fused-ring (bicyclic) bond motifs is 2. The van der Waals surface area contributed by atoms with Gasteiger partial charge in [-0.3, -0.25) is 15.2 Å². The molecule has 4 N–H and O–H groups in total. The Hall–Kier alpha value is -3.71. The molecule has 2 aromatic carbocycles. The van der Waals surface area contributed by atoms with E-state index in [1.165, 1.54) is 5.69 Å². The van der Waals surface area contributed by atoms with Crippen LogP contribution in [0, 0.1) is 11.3 Å². The SMILES string of the molecule is N=C(c1ccc(N2C3CCC2COC3)cc1)c1cc(C(=O)NC(c2ccccn2)C2CC2)ccc1N. The lowest BCUT2D eigenvalue weighted by Gasteiger charge is -2.36. The summed E-state index contributed by atoms with van der Waals surface area (Å²) in [5, 5.41) is 12.0. The van der Waals surface area contributed by atoms with Gasteiger partial charge in [-0.1, -0.05) is 18.2 Å². The van der Waals surface area contributed by atoms with Gasteiger partial charge in [-0.15, -0.1) is 0 Å². The molecule has 2 aliphatic heterocycles. The third kappa shape index (κ3) is 4.35. The molecule has 7 nitrogen and oxygen atoms in total. The molecule has 1 aromatic heterocycles. The Balaban J connectivity index is 1.20. The maximum atomic E-state index is 13.2. The monoisotopic (exact) mass is 481 g/mol. The van der Waals surface area contributed by atoms with E-state index in [0.29, 0.717) is 40.5 Å². The average molecular weight is 482 g/mol. The molecule has 2 bridgehead atoms. The summed E-state index contributed by atoms with van der Waals surface area (Å²) in [7, 11) is 0. The normalized spacial score (nSPS) is 21.7. The number of nitrogen functional groups attached to an aromatic ring is 1. The second-order valence-electron chi connectivity index (χ2n) is 10.1. The van der Waals surface area contributed by atoms with Crippen molar-refractivity contribution >= 4 is 23.0 Å². The number of benzene rings is 2. The molecule has 3 aliphatic rings. The van der Waals surface area contributed by atoms with Crippen LogP contribution in [-0.2, 0) is 4.74 Å². The summed E-state index contributed by atoms with van der Waals surface area (Å²) in [5.74, 6) is 0.236. The van der Waals surface area contributed by atoms with E-state index in [1.54, 1.807) is 24.4 Å². The third-order valence-electron chi connectivity index (χ3n) is 7.67. The fourth-order valence-corrected chi connectivity index (χ4v) is 5.57. The fourth-order valence-electron chi connectivity index (χ4n) is 5.57. The molecule has 6 rings (SSSR count). The average Bonchev–Trinajstić information content (AvgIpc) is 3.72. The molecule has 1 amide bonds. The number of nitrogens with one attached hydrogen (secondary N) is 2. The smallest absolute Gasteiger partial charge is 0.251 e. The van der Waals surface area contributed by atoms with Crippen LogP contribution in [0.1, 0.15) is 58.9 Å². The van der Waals surface area contributed by atoms with Gasteiger partial charge in [-0.25, -0.2) is 0 Å². The van der Waals surface area contributed by atoms with E-state index in [1.807, 2.05) is 30.3 Å². The number of hydrogen-bond donors (Lipinski definition) is 3. The molecule has 1 saturated carbocycles. The van der Waals surface area contributed by atoms with E-state index in [-0.39, 0.29) is 11.9 Å². The zero-order chi connectivity index (χ0) is 24.6. The number of ether oxygens (including phenoxy) is 1. The number of rotatable bonds is 7. The van der Waals surface area contributed by atoms with E-state index >= 15 is 0 Å². The van der Waals surface area contributed by atoms with Gasteiger partial charge in [0.25, 0.3) is 5.91 Å². The molecule has 0 spiro atoms. The Morgan fingerprint density at radius 2 is 1.72 bits per heavy atom. The molecule has 36 heavy (non-hydrogen) atoms. The predicted octanol–water partition coefficient (Wildman–Crippen LogP) is 4.33. The predicted molar refractivity (Wildman–Crippen MR) is 141 cm³/mol. The number of pyridine rings is 1. The van der Waals surface area contributed by atoms with Crippen LogP contribution in [0.25, 0.3) is 0 Å². The Labute approximate surface area is 211 Å². The number of anilines is 2. The van der Waals surface area contributed by atoms with Crippen molar-refractivity contribution in [2.24, 2.45) is 5.92 Å². The minimum absolute atomic E-state index is 0.109. The zero-order valence-corrected chi connectivity index (χ0v) is 20.2. The van der Waals surface area contributed by atoms with Crippen LogP contribution in [0.15, 0.2) is 66.9 Å². The highest BCUT2D eigenvalue weighted by Gasteiger charge is 2.37. The second-order valence-corrected chi connectivity index (χ2v) is 10.1. The van der Waals surface area contributed by atoms with Gasteiger partial charge in [0.2, 0.25) is 0 Å². The van der Waals surface area contributed by atoms with Gasteiger partial charge < -0.3 is 20.7 Å². The summed E-state index contributed by atoms with van der Waals surface area (Å²) in [4.78, 5) is 20.1. The van der Waals surface area contributed by atoms with Crippen LogP contribution in [0.4, 0.5) is 11.4 Å². The Morgan fingerprint density at radius 1 is 1.00 bits per heavy atom. The van der Waals surface area contributed by atoms with Crippen LogP contribution in [-0.4, -0.2) is 41.9 Å². The summed E-state index contributed by atoms with van der Waals surface area (Å²) < 4.78 is 5.71. The van der Waals surface area contributed by atoms with Crippen LogP contribution in [0.2, 0.25) is 0 Å². The molecule has 3 fully saturated rings. The number of nitrogens with two attached hydrogens (primary N) is 1. The first-order valence-corrected chi connectivity index (χ1v) is 12.8. The van der Waals surface area contributed by atoms with E-state index < -0.39 is 0 Å². The van der Waals surface area contributed by atoms with Crippen molar-refractivity contribution in [2.45, 2.75) is 43.8 Å². The van der Waals surface area contributed by atoms with Gasteiger partial charge in [0.05, 0.1) is 42.7 Å². The topological polar surface area (TPSA) is 104 Å². The minimum Gasteiger partial charge on any atom is -0.398 e. The Kier molecular flexibility index (Phi) is 5.93. The second kappa shape index (κ2) is 9.39. The van der Waals surface area contributed by atoms with E-state index in [0.717, 1.165) is 50.2 Å². The highest BCUT2D eigenvalue weighted by Crippen LogP contribution is 2.40. The molecule has 3 atom stereocenters. The summed E-state index contributed by atoms with van der Waals surface area (Å²) in [6.45, 7) is 1.56. The van der Waals surface area contributed by atoms with Crippen LogP contribution in [0.3, 0.4) is 0 Å². The van der Waals surface area contributed by atoms with Crippen LogP contribution >= 0.6 is 0 Å². The molecule has 3 heterocycles. The first-order valence-electron chi connectivity index (χ1n) is 12.8. The molecular formula is C29H31N5O2. The number of carbonyl (C=O) groups is 1. The van der Waals surface area contributed by atoms with Crippen molar-refractivity contribution in [1.29, 1.82) is 5.41 Å². The summed E-state index contributed by atoms with van der Waals surface area (Å²) >= 11 is 0. The van der Waals surface area contributed by atoms with E-state index in [9.17, 15) is 4.79 Å². The van der Waals surface area contributed by atoms with Gasteiger partial charge in [0.1, 0.15) is 0 Å². The molecule has 1 aliphatic carbocycles. The Morgan fingerprint density at radius 3 is 2.39 bits per heavy atom. The van der Waals surface area contributed by atoms with Crippen molar-refractivity contribution in [3.8, 4) is 0 Å². The molecule has 7 heteroatoms. The van der Waals surface area contributed by atoms with Gasteiger partial charge in [-0.2, -0.15) is 0 Å². The van der Waals surface area contributed by atoms with Crippen molar-refractivity contribution in [3.63, 3.8) is 0 Å². The highest BCUT2D eigenvalue weighted by atomic mass is 16.5. The number of amides is 1. The van der Waals surface area contributed by atoms with Crippen molar-refractivity contribution in [2.75, 3.05) is 23.8 Å². The van der Waals surface area contributed by atoms with E-state index in [2.05, 4.69) is 27.3 Å².